The van der Waals surface area contributed by atoms with Gasteiger partial charge in [0.15, 0.2) is 0 Å². The third kappa shape index (κ3) is 5.12. The maximum Gasteiger partial charge on any atom is 0.262 e. The Bertz CT molecular complexity index is 445. The maximum atomic E-state index is 12.9. The van der Waals surface area contributed by atoms with E-state index in [4.69, 9.17) is 0 Å². The fraction of sp³-hybridized carbons (Fsp3) is 0.636. The summed E-state index contributed by atoms with van der Waals surface area (Å²) in [4.78, 5) is 16.9. The Morgan fingerprint density at radius 2 is 2.30 bits per heavy atom. The van der Waals surface area contributed by atoms with Crippen LogP contribution in [0.25, 0.3) is 0 Å². The van der Waals surface area contributed by atoms with Crippen molar-refractivity contribution in [3.05, 3.63) is 16.1 Å². The minimum atomic E-state index is -2.78. The zero-order valence-electron chi connectivity index (χ0n) is 10.8. The molecular formula is C11H17Cl2F2N3OS. The SMILES string of the molecule is CCc1cnc(CNC(=O)C2CC(F)(F)CN2)s1.Cl.Cl. The molecule has 0 saturated carbocycles. The smallest absolute Gasteiger partial charge is 0.262 e. The molecule has 1 aromatic rings. The fourth-order valence-corrected chi connectivity index (χ4v) is 2.58. The summed E-state index contributed by atoms with van der Waals surface area (Å²) in [5.74, 6) is -3.17. The number of carbonyl (C=O) groups is 1. The molecule has 1 amide bonds. The third-order valence-electron chi connectivity index (χ3n) is 2.79. The van der Waals surface area contributed by atoms with Crippen molar-refractivity contribution in [2.75, 3.05) is 6.54 Å². The lowest BCUT2D eigenvalue weighted by Gasteiger charge is -2.09. The van der Waals surface area contributed by atoms with E-state index in [2.05, 4.69) is 15.6 Å². The van der Waals surface area contributed by atoms with Crippen LogP contribution in [0, 0.1) is 0 Å². The van der Waals surface area contributed by atoms with Crippen LogP contribution in [0.4, 0.5) is 8.78 Å². The number of amides is 1. The van der Waals surface area contributed by atoms with E-state index in [-0.39, 0.29) is 30.7 Å². The van der Waals surface area contributed by atoms with E-state index in [1.54, 1.807) is 6.20 Å². The number of hydrogen-bond acceptors (Lipinski definition) is 4. The molecule has 2 heterocycles. The van der Waals surface area contributed by atoms with Gasteiger partial charge in [0, 0.05) is 17.5 Å². The Hall–Kier alpha value is -0.500. The first-order chi connectivity index (χ1) is 8.50. The van der Waals surface area contributed by atoms with E-state index in [9.17, 15) is 13.6 Å². The lowest BCUT2D eigenvalue weighted by Crippen LogP contribution is -2.39. The average molecular weight is 348 g/mol. The Morgan fingerprint density at radius 3 is 2.80 bits per heavy atom. The second kappa shape index (κ2) is 8.07. The van der Waals surface area contributed by atoms with Gasteiger partial charge in [-0.2, -0.15) is 0 Å². The molecule has 4 nitrogen and oxygen atoms in total. The first-order valence-electron chi connectivity index (χ1n) is 5.82. The van der Waals surface area contributed by atoms with Crippen LogP contribution in [0.1, 0.15) is 23.2 Å². The molecule has 1 aliphatic heterocycles. The van der Waals surface area contributed by atoms with Gasteiger partial charge in [-0.05, 0) is 6.42 Å². The molecule has 20 heavy (non-hydrogen) atoms. The highest BCUT2D eigenvalue weighted by atomic mass is 35.5. The highest BCUT2D eigenvalue weighted by Crippen LogP contribution is 2.25. The Morgan fingerprint density at radius 1 is 1.60 bits per heavy atom. The van der Waals surface area contributed by atoms with Gasteiger partial charge < -0.3 is 5.32 Å². The molecule has 1 atom stereocenters. The van der Waals surface area contributed by atoms with Crippen molar-refractivity contribution in [2.24, 2.45) is 0 Å². The Balaban J connectivity index is 0.00000180. The van der Waals surface area contributed by atoms with Crippen LogP contribution < -0.4 is 10.6 Å². The van der Waals surface area contributed by atoms with Crippen LogP contribution in [0.15, 0.2) is 6.20 Å². The summed E-state index contributed by atoms with van der Waals surface area (Å²) in [5.41, 5.74) is 0. The molecule has 0 radical (unpaired) electrons. The second-order valence-electron chi connectivity index (χ2n) is 4.29. The standard InChI is InChI=1S/C11H15F2N3OS.2ClH/c1-2-7-4-14-9(18-7)5-15-10(17)8-3-11(12,13)6-16-8;;/h4,8,16H,2-3,5-6H2,1H3,(H,15,17);2*1H. The molecule has 1 saturated heterocycles. The molecule has 0 aliphatic carbocycles. The Labute approximate surface area is 132 Å². The number of hydrogen-bond donors (Lipinski definition) is 2. The van der Waals surface area contributed by atoms with Crippen molar-refractivity contribution in [3.63, 3.8) is 0 Å². The van der Waals surface area contributed by atoms with Crippen LogP contribution in [0.2, 0.25) is 0 Å². The zero-order valence-corrected chi connectivity index (χ0v) is 13.3. The minimum absolute atomic E-state index is 0. The molecule has 2 N–H and O–H groups in total. The molecule has 9 heteroatoms. The van der Waals surface area contributed by atoms with E-state index >= 15 is 0 Å². The van der Waals surface area contributed by atoms with Crippen molar-refractivity contribution in [2.45, 2.75) is 38.3 Å². The largest absolute Gasteiger partial charge is 0.348 e. The van der Waals surface area contributed by atoms with E-state index < -0.39 is 24.9 Å². The summed E-state index contributed by atoms with van der Waals surface area (Å²) in [7, 11) is 0. The second-order valence-corrected chi connectivity index (χ2v) is 5.48. The minimum Gasteiger partial charge on any atom is -0.348 e. The molecular weight excluding hydrogens is 331 g/mol. The number of thiazole rings is 1. The van der Waals surface area contributed by atoms with Gasteiger partial charge in [-0.25, -0.2) is 13.8 Å². The summed E-state index contributed by atoms with van der Waals surface area (Å²) in [6.45, 7) is 1.90. The molecule has 0 bridgehead atoms. The zero-order chi connectivity index (χ0) is 13.2. The summed E-state index contributed by atoms with van der Waals surface area (Å²) < 4.78 is 25.8. The number of alkyl halides is 2. The van der Waals surface area contributed by atoms with E-state index in [0.29, 0.717) is 6.54 Å². The van der Waals surface area contributed by atoms with Crippen molar-refractivity contribution in [1.82, 2.24) is 15.6 Å². The van der Waals surface area contributed by atoms with Crippen LogP contribution in [-0.4, -0.2) is 29.4 Å². The third-order valence-corrected chi connectivity index (χ3v) is 3.93. The monoisotopic (exact) mass is 347 g/mol. The number of nitrogens with one attached hydrogen (secondary N) is 2. The van der Waals surface area contributed by atoms with E-state index in [1.165, 1.54) is 11.3 Å². The molecule has 2 rings (SSSR count). The fourth-order valence-electron chi connectivity index (χ4n) is 1.78. The number of carbonyl (C=O) groups excluding carboxylic acids is 1. The number of aromatic nitrogens is 1. The number of rotatable bonds is 4. The quantitative estimate of drug-likeness (QED) is 0.877. The molecule has 116 valence electrons. The number of nitrogens with zero attached hydrogens (tertiary/aromatic N) is 1. The van der Waals surface area contributed by atoms with Gasteiger partial charge in [-0.3, -0.25) is 10.1 Å². The normalized spacial score (nSPS) is 19.9. The van der Waals surface area contributed by atoms with Gasteiger partial charge in [0.1, 0.15) is 5.01 Å². The van der Waals surface area contributed by atoms with Crippen LogP contribution >= 0.6 is 36.2 Å². The van der Waals surface area contributed by atoms with E-state index in [0.717, 1.165) is 16.3 Å². The lowest BCUT2D eigenvalue weighted by molar-refractivity contribution is -0.123. The summed E-state index contributed by atoms with van der Waals surface area (Å²) in [5, 5.41) is 5.95. The van der Waals surface area contributed by atoms with Gasteiger partial charge in [0.05, 0.1) is 19.1 Å². The molecule has 1 fully saturated rings. The molecule has 0 spiro atoms. The topological polar surface area (TPSA) is 54.0 Å². The summed E-state index contributed by atoms with van der Waals surface area (Å²) in [6, 6.07) is -0.800. The Kier molecular flexibility index (Phi) is 7.87. The van der Waals surface area contributed by atoms with Crippen molar-refractivity contribution in [3.8, 4) is 0 Å². The van der Waals surface area contributed by atoms with Crippen LogP contribution in [-0.2, 0) is 17.8 Å². The van der Waals surface area contributed by atoms with Crippen molar-refractivity contribution < 1.29 is 13.6 Å². The van der Waals surface area contributed by atoms with Gasteiger partial charge in [0.2, 0.25) is 5.91 Å². The summed E-state index contributed by atoms with van der Waals surface area (Å²) in [6.07, 6.45) is 2.24. The molecule has 1 aliphatic rings. The molecule has 1 aromatic heterocycles. The maximum absolute atomic E-state index is 12.9. The van der Waals surface area contributed by atoms with Crippen molar-refractivity contribution in [1.29, 1.82) is 0 Å². The lowest BCUT2D eigenvalue weighted by atomic mass is 10.2. The van der Waals surface area contributed by atoms with Crippen molar-refractivity contribution >= 4 is 42.1 Å². The molecule has 0 aromatic carbocycles. The van der Waals surface area contributed by atoms with Gasteiger partial charge in [-0.1, -0.05) is 6.92 Å². The first kappa shape index (κ1) is 19.5. The van der Waals surface area contributed by atoms with E-state index in [1.807, 2.05) is 6.92 Å². The van der Waals surface area contributed by atoms with Gasteiger partial charge >= 0.3 is 0 Å². The van der Waals surface area contributed by atoms with Gasteiger partial charge in [0.25, 0.3) is 5.92 Å². The predicted octanol–water partition coefficient (Wildman–Crippen LogP) is 2.16. The van der Waals surface area contributed by atoms with Gasteiger partial charge in [-0.15, -0.1) is 36.2 Å². The highest BCUT2D eigenvalue weighted by Gasteiger charge is 2.42. The number of aryl methyl sites for hydroxylation is 1. The predicted molar refractivity (Wildman–Crippen MR) is 79.2 cm³/mol. The summed E-state index contributed by atoms with van der Waals surface area (Å²) >= 11 is 1.52. The number of halogens is 4. The average Bonchev–Trinajstić information content (AvgIpc) is 2.92. The van der Waals surface area contributed by atoms with Crippen LogP contribution in [0.5, 0.6) is 0 Å². The first-order valence-corrected chi connectivity index (χ1v) is 6.64. The molecule has 1 unspecified atom stereocenters. The highest BCUT2D eigenvalue weighted by molar-refractivity contribution is 7.11. The van der Waals surface area contributed by atoms with Crippen LogP contribution in [0.3, 0.4) is 0 Å².